The van der Waals surface area contributed by atoms with E-state index >= 15 is 0 Å². The van der Waals surface area contributed by atoms with E-state index in [1.54, 1.807) is 0 Å². The highest BCUT2D eigenvalue weighted by molar-refractivity contribution is 7.31. The number of hydrogen-bond acceptors (Lipinski definition) is 8. The van der Waals surface area contributed by atoms with Crippen molar-refractivity contribution in [3.63, 3.8) is 0 Å². The highest BCUT2D eigenvalue weighted by atomic mass is 32.1. The van der Waals surface area contributed by atoms with Crippen LogP contribution in [-0.2, 0) is 0 Å². The molecule has 8 aromatic carbocycles. The maximum Gasteiger partial charge on any atom is 0.0991 e. The summed E-state index contributed by atoms with van der Waals surface area (Å²) in [5.41, 5.74) is 5.99. The molecule has 0 bridgehead atoms. The topological polar surface area (TPSA) is 73.4 Å². The molecule has 0 spiro atoms. The summed E-state index contributed by atoms with van der Waals surface area (Å²) in [6.07, 6.45) is 0. The predicted molar refractivity (Wildman–Crippen MR) is 249 cm³/mol. The third-order valence-electron chi connectivity index (χ3n) is 11.5. The Morgan fingerprint density at radius 1 is 0.362 bits per heavy atom. The van der Waals surface area contributed by atoms with Crippen LogP contribution in [0.4, 0.5) is 0 Å². The van der Waals surface area contributed by atoms with Crippen molar-refractivity contribution in [2.24, 2.45) is 0 Å². The largest absolute Gasteiger partial charge is 0.244 e. The Balaban J connectivity index is 1.23. The normalized spacial score (nSPS) is 12.1. The van der Waals surface area contributed by atoms with Gasteiger partial charge < -0.3 is 0 Å². The van der Waals surface area contributed by atoms with Crippen LogP contribution in [-0.4, -0.2) is 9.97 Å². The lowest BCUT2D eigenvalue weighted by Gasteiger charge is -2.12. The lowest BCUT2D eigenvalue weighted by Crippen LogP contribution is -1.96. The van der Waals surface area contributed by atoms with Gasteiger partial charge in [-0.2, -0.15) is 10.5 Å². The quantitative estimate of drug-likeness (QED) is 0.163. The Kier molecular flexibility index (Phi) is 6.62. The van der Waals surface area contributed by atoms with Crippen molar-refractivity contribution in [3.05, 3.63) is 145 Å². The van der Waals surface area contributed by atoms with Gasteiger partial charge in [-0.15, -0.1) is 45.3 Å². The van der Waals surface area contributed by atoms with E-state index in [0.29, 0.717) is 11.1 Å². The summed E-state index contributed by atoms with van der Waals surface area (Å²) in [4.78, 5) is 10.8. The van der Waals surface area contributed by atoms with Crippen molar-refractivity contribution in [1.29, 1.82) is 10.5 Å². The molecule has 0 amide bonds. The summed E-state index contributed by atoms with van der Waals surface area (Å²) in [6, 6.07) is 51.0. The molecule has 0 unspecified atom stereocenters. The molecule has 0 atom stereocenters. The van der Waals surface area contributed by atoms with Gasteiger partial charge in [-0.1, -0.05) is 60.7 Å². The number of thiophene rings is 4. The molecular weight excluding hydrogens is 785 g/mol. The lowest BCUT2D eigenvalue weighted by molar-refractivity contribution is 1.29. The summed E-state index contributed by atoms with van der Waals surface area (Å²) in [5, 5.41) is 32.1. The third kappa shape index (κ3) is 4.40. The number of benzene rings is 8. The number of nitrogens with zero attached hydrogens (tertiary/aromatic N) is 4. The zero-order valence-corrected chi connectivity index (χ0v) is 33.4. The van der Waals surface area contributed by atoms with Crippen molar-refractivity contribution < 1.29 is 0 Å². The van der Waals surface area contributed by atoms with Crippen molar-refractivity contribution >= 4 is 148 Å². The fourth-order valence-corrected chi connectivity index (χ4v) is 13.7. The third-order valence-corrected chi connectivity index (χ3v) is 16.2. The summed E-state index contributed by atoms with van der Waals surface area (Å²) in [7, 11) is 0. The van der Waals surface area contributed by atoms with Crippen LogP contribution in [0.1, 0.15) is 11.1 Å². The first-order chi connectivity index (χ1) is 28.6. The van der Waals surface area contributed by atoms with E-state index in [2.05, 4.69) is 97.1 Å². The van der Waals surface area contributed by atoms with Crippen molar-refractivity contribution in [1.82, 2.24) is 9.97 Å². The molecule has 0 radical (unpaired) electrons. The van der Waals surface area contributed by atoms with Gasteiger partial charge in [-0.05, 0) is 72.8 Å². The summed E-state index contributed by atoms with van der Waals surface area (Å²) in [5.74, 6) is 0. The molecule has 58 heavy (non-hydrogen) atoms. The minimum Gasteiger partial charge on any atom is -0.244 e. The van der Waals surface area contributed by atoms with E-state index in [4.69, 9.17) is 9.97 Å². The van der Waals surface area contributed by atoms with Crippen molar-refractivity contribution in [3.8, 4) is 34.7 Å². The van der Waals surface area contributed by atoms with Gasteiger partial charge in [-0.3, -0.25) is 0 Å². The number of nitriles is 2. The minimum absolute atomic E-state index is 0.586. The molecule has 0 saturated carbocycles. The molecule has 5 aromatic heterocycles. The van der Waals surface area contributed by atoms with Gasteiger partial charge >= 0.3 is 0 Å². The van der Waals surface area contributed by atoms with E-state index in [1.807, 2.05) is 93.9 Å². The maximum atomic E-state index is 9.57. The van der Waals surface area contributed by atoms with Crippen molar-refractivity contribution in [2.45, 2.75) is 0 Å². The average molecular weight is 807 g/mol. The summed E-state index contributed by atoms with van der Waals surface area (Å²) in [6.45, 7) is 0. The fraction of sp³-hybridized carbons (Fsp3) is 0. The Bertz CT molecular complexity index is 3780. The molecule has 0 N–H and O–H groups in total. The van der Waals surface area contributed by atoms with E-state index in [1.165, 1.54) is 91.5 Å². The van der Waals surface area contributed by atoms with Gasteiger partial charge in [0.1, 0.15) is 0 Å². The Labute approximate surface area is 345 Å². The molecule has 4 nitrogen and oxygen atoms in total. The van der Waals surface area contributed by atoms with Crippen molar-refractivity contribution in [2.75, 3.05) is 0 Å². The van der Waals surface area contributed by atoms with Crippen LogP contribution in [0.5, 0.6) is 0 Å². The second-order valence-corrected chi connectivity index (χ2v) is 18.9. The van der Waals surface area contributed by atoms with Crippen LogP contribution in [0.2, 0.25) is 0 Å². The van der Waals surface area contributed by atoms with E-state index < -0.39 is 0 Å². The molecule has 0 fully saturated rings. The number of aromatic nitrogens is 2. The molecule has 0 aliphatic rings. The van der Waals surface area contributed by atoms with E-state index in [9.17, 15) is 10.5 Å². The second kappa shape index (κ2) is 11.9. The first kappa shape index (κ1) is 32.3. The van der Waals surface area contributed by atoms with Gasteiger partial charge in [-0.25, -0.2) is 9.97 Å². The molecule has 0 aliphatic heterocycles. The van der Waals surface area contributed by atoms with Crippen LogP contribution in [0.3, 0.4) is 0 Å². The minimum atomic E-state index is 0.586. The highest BCUT2D eigenvalue weighted by Crippen LogP contribution is 2.55. The zero-order chi connectivity index (χ0) is 38.2. The molecule has 13 aromatic rings. The smallest absolute Gasteiger partial charge is 0.0991 e. The SMILES string of the molecule is N#Cc1ccc(-c2nc3cc4c(cc3nc2-c2ccc(C#N)cc2)c2sc3ccc5sc6ccccc6c5c3c2c2c4sc3ccc4sc5ccccc5c4c32)cc1. The molecule has 0 aliphatic carbocycles. The Morgan fingerprint density at radius 2 is 0.759 bits per heavy atom. The summed E-state index contributed by atoms with van der Waals surface area (Å²) >= 11 is 7.50. The average Bonchev–Trinajstić information content (AvgIpc) is 4.05. The van der Waals surface area contributed by atoms with Gasteiger partial charge in [0.05, 0.1) is 45.7 Å². The van der Waals surface area contributed by atoms with Crippen LogP contribution < -0.4 is 0 Å². The standard InChI is InChI=1S/C50H22N4S4/c51-23-25-9-13-27(14-10-25)47-48(28-15-11-26(24-52)12-16-28)54-34-22-32-31(21-33(34)53-47)49-45(43-39(57-49)19-17-37-41(43)29-5-1-3-7-35(29)55-37)46-44-40(58-50(32)46)20-18-38-42(44)30-6-2-4-8-36(30)56-38/h1-22H. The molecular formula is C50H22N4S4. The molecule has 13 rings (SSSR count). The van der Waals surface area contributed by atoms with Gasteiger partial charge in [0.25, 0.3) is 0 Å². The molecule has 5 heterocycles. The van der Waals surface area contributed by atoms with Gasteiger partial charge in [0, 0.05) is 103 Å². The zero-order valence-electron chi connectivity index (χ0n) is 30.1. The highest BCUT2D eigenvalue weighted by Gasteiger charge is 2.25. The molecule has 0 saturated heterocycles. The predicted octanol–water partition coefficient (Wildman–Crippen LogP) is 15.3. The van der Waals surface area contributed by atoms with Gasteiger partial charge in [0.2, 0.25) is 0 Å². The first-order valence-corrected chi connectivity index (χ1v) is 22.0. The molecule has 266 valence electrons. The fourth-order valence-electron chi connectivity index (χ4n) is 8.95. The summed E-state index contributed by atoms with van der Waals surface area (Å²) < 4.78 is 10.3. The first-order valence-electron chi connectivity index (χ1n) is 18.7. The van der Waals surface area contributed by atoms with Crippen LogP contribution >= 0.6 is 45.3 Å². The lowest BCUT2D eigenvalue weighted by atomic mass is 9.96. The number of fused-ring (bicyclic) bond motifs is 19. The Hall–Kier alpha value is -6.78. The maximum absolute atomic E-state index is 9.57. The van der Waals surface area contributed by atoms with Crippen LogP contribution in [0.15, 0.2) is 133 Å². The van der Waals surface area contributed by atoms with Crippen LogP contribution in [0, 0.1) is 22.7 Å². The van der Waals surface area contributed by atoms with Gasteiger partial charge in [0.15, 0.2) is 0 Å². The van der Waals surface area contributed by atoms with E-state index in [0.717, 1.165) is 33.5 Å². The Morgan fingerprint density at radius 3 is 1.17 bits per heavy atom. The van der Waals surface area contributed by atoms with E-state index in [-0.39, 0.29) is 0 Å². The van der Waals surface area contributed by atoms with Crippen LogP contribution in [0.25, 0.3) is 125 Å². The molecule has 8 heteroatoms. The number of hydrogen-bond donors (Lipinski definition) is 0. The monoisotopic (exact) mass is 806 g/mol. The number of rotatable bonds is 2. The second-order valence-electron chi connectivity index (χ2n) is 14.6.